The van der Waals surface area contributed by atoms with Crippen molar-refractivity contribution in [2.45, 2.75) is 6.92 Å². The molecule has 5 nitrogen and oxygen atoms in total. The van der Waals surface area contributed by atoms with Crippen molar-refractivity contribution >= 4 is 34.2 Å². The van der Waals surface area contributed by atoms with Gasteiger partial charge in [0.1, 0.15) is 11.6 Å². The van der Waals surface area contributed by atoms with Gasteiger partial charge in [-0.15, -0.1) is 0 Å². The number of hydrogen-bond donors (Lipinski definition) is 2. The van der Waals surface area contributed by atoms with E-state index in [2.05, 4.69) is 21.4 Å². The lowest BCUT2D eigenvalue weighted by Gasteiger charge is -2.10. The lowest BCUT2D eigenvalue weighted by atomic mass is 10.1. The van der Waals surface area contributed by atoms with Crippen LogP contribution in [-0.2, 0) is 0 Å². The summed E-state index contributed by atoms with van der Waals surface area (Å²) in [5, 5.41) is 3.36. The molecule has 0 saturated heterocycles. The predicted octanol–water partition coefficient (Wildman–Crippen LogP) is 5.45. The number of H-pyrrole nitrogens is 1. The smallest absolute Gasteiger partial charge is 0.259 e. The molecule has 28 heavy (non-hydrogen) atoms. The molecule has 0 aliphatic rings. The molecule has 1 aromatic heterocycles. The third-order valence-corrected chi connectivity index (χ3v) is 4.67. The van der Waals surface area contributed by atoms with Crippen LogP contribution in [0.2, 0.25) is 5.02 Å². The number of aryl methyl sites for hydroxylation is 1. The van der Waals surface area contributed by atoms with E-state index < -0.39 is 0 Å². The number of aromatic nitrogens is 2. The van der Waals surface area contributed by atoms with Crippen molar-refractivity contribution in [1.82, 2.24) is 9.97 Å². The van der Waals surface area contributed by atoms with Crippen molar-refractivity contribution in [3.8, 4) is 17.1 Å². The quantitative estimate of drug-likeness (QED) is 0.486. The summed E-state index contributed by atoms with van der Waals surface area (Å²) < 4.78 is 5.26. The molecule has 0 aliphatic carbocycles. The van der Waals surface area contributed by atoms with Crippen molar-refractivity contribution in [2.75, 3.05) is 12.4 Å². The van der Waals surface area contributed by atoms with Crippen molar-refractivity contribution in [3.63, 3.8) is 0 Å². The minimum atomic E-state index is -0.295. The number of ether oxygens (including phenoxy) is 1. The fraction of sp³-hybridized carbons (Fsp3) is 0.0909. The van der Waals surface area contributed by atoms with E-state index in [0.29, 0.717) is 22.0 Å². The van der Waals surface area contributed by atoms with E-state index in [1.54, 1.807) is 18.2 Å². The highest BCUT2D eigenvalue weighted by molar-refractivity contribution is 6.31. The van der Waals surface area contributed by atoms with Gasteiger partial charge in [0, 0.05) is 16.3 Å². The number of nitrogens with one attached hydrogen (secondary N) is 2. The van der Waals surface area contributed by atoms with Crippen molar-refractivity contribution < 1.29 is 9.53 Å². The number of carbonyl (C=O) groups excluding carboxylic acids is 1. The van der Waals surface area contributed by atoms with Crippen LogP contribution < -0.4 is 10.1 Å². The Morgan fingerprint density at radius 2 is 1.96 bits per heavy atom. The molecule has 0 unspecified atom stereocenters. The zero-order valence-electron chi connectivity index (χ0n) is 15.4. The van der Waals surface area contributed by atoms with Crippen LogP contribution in [0.25, 0.3) is 22.4 Å². The fourth-order valence-electron chi connectivity index (χ4n) is 3.06. The van der Waals surface area contributed by atoms with Gasteiger partial charge in [-0.05, 0) is 55.0 Å². The summed E-state index contributed by atoms with van der Waals surface area (Å²) in [6.45, 7) is 2.04. The SMILES string of the molecule is COc1ccc(Cl)cc1C(=O)Nc1cccc(-c2nc3ccc(C)cc3[nH]2)c1. The third-order valence-electron chi connectivity index (χ3n) is 4.44. The molecule has 0 fully saturated rings. The van der Waals surface area contributed by atoms with E-state index >= 15 is 0 Å². The third kappa shape index (κ3) is 3.57. The van der Waals surface area contributed by atoms with Crippen LogP contribution in [0.3, 0.4) is 0 Å². The molecule has 0 aliphatic heterocycles. The molecule has 4 aromatic rings. The Morgan fingerprint density at radius 1 is 1.11 bits per heavy atom. The Bertz CT molecular complexity index is 1180. The number of rotatable bonds is 4. The van der Waals surface area contributed by atoms with Crippen molar-refractivity contribution in [3.05, 3.63) is 76.8 Å². The van der Waals surface area contributed by atoms with Gasteiger partial charge >= 0.3 is 0 Å². The molecule has 3 aromatic carbocycles. The average molecular weight is 392 g/mol. The van der Waals surface area contributed by atoms with Crippen LogP contribution in [-0.4, -0.2) is 23.0 Å². The van der Waals surface area contributed by atoms with Crippen LogP contribution in [0.15, 0.2) is 60.7 Å². The zero-order chi connectivity index (χ0) is 19.7. The number of hydrogen-bond acceptors (Lipinski definition) is 3. The van der Waals surface area contributed by atoms with Crippen LogP contribution in [0.1, 0.15) is 15.9 Å². The molecule has 1 amide bonds. The summed E-state index contributed by atoms with van der Waals surface area (Å²) in [4.78, 5) is 20.7. The Kier molecular flexibility index (Phi) is 4.75. The molecule has 1 heterocycles. The molecular formula is C22H18ClN3O2. The predicted molar refractivity (Wildman–Crippen MR) is 112 cm³/mol. The van der Waals surface area contributed by atoms with Crippen molar-refractivity contribution in [2.24, 2.45) is 0 Å². The number of amides is 1. The molecular weight excluding hydrogens is 374 g/mol. The first kappa shape index (κ1) is 18.1. The Morgan fingerprint density at radius 3 is 2.79 bits per heavy atom. The molecule has 0 spiro atoms. The van der Waals surface area contributed by atoms with Gasteiger partial charge in [-0.3, -0.25) is 4.79 Å². The topological polar surface area (TPSA) is 67.0 Å². The van der Waals surface area contributed by atoms with E-state index in [4.69, 9.17) is 16.3 Å². The highest BCUT2D eigenvalue weighted by Gasteiger charge is 2.14. The lowest BCUT2D eigenvalue weighted by Crippen LogP contribution is -2.13. The molecule has 140 valence electrons. The van der Waals surface area contributed by atoms with Gasteiger partial charge in [-0.1, -0.05) is 29.8 Å². The minimum absolute atomic E-state index is 0.295. The van der Waals surface area contributed by atoms with Gasteiger partial charge in [0.25, 0.3) is 5.91 Å². The van der Waals surface area contributed by atoms with E-state index in [1.807, 2.05) is 43.3 Å². The number of fused-ring (bicyclic) bond motifs is 1. The van der Waals surface area contributed by atoms with Crippen LogP contribution in [0.4, 0.5) is 5.69 Å². The van der Waals surface area contributed by atoms with E-state index in [9.17, 15) is 4.79 Å². The Labute approximate surface area is 167 Å². The molecule has 2 N–H and O–H groups in total. The number of nitrogens with zero attached hydrogens (tertiary/aromatic N) is 1. The number of methoxy groups -OCH3 is 1. The molecule has 0 saturated carbocycles. The van der Waals surface area contributed by atoms with Crippen LogP contribution >= 0.6 is 11.6 Å². The van der Waals surface area contributed by atoms with E-state index in [-0.39, 0.29) is 5.91 Å². The van der Waals surface area contributed by atoms with E-state index in [1.165, 1.54) is 12.7 Å². The normalized spacial score (nSPS) is 10.8. The Hall–Kier alpha value is -3.31. The first-order chi connectivity index (χ1) is 13.5. The molecule has 4 rings (SSSR count). The summed E-state index contributed by atoms with van der Waals surface area (Å²) >= 11 is 6.03. The highest BCUT2D eigenvalue weighted by atomic mass is 35.5. The van der Waals surface area contributed by atoms with Gasteiger partial charge in [0.05, 0.1) is 23.7 Å². The number of halogens is 1. The van der Waals surface area contributed by atoms with Crippen LogP contribution in [0.5, 0.6) is 5.75 Å². The second-order valence-corrected chi connectivity index (χ2v) is 6.92. The first-order valence-electron chi connectivity index (χ1n) is 8.75. The number of carbonyl (C=O) groups is 1. The highest BCUT2D eigenvalue weighted by Crippen LogP contribution is 2.26. The average Bonchev–Trinajstić information content (AvgIpc) is 3.11. The molecule has 6 heteroatoms. The lowest BCUT2D eigenvalue weighted by molar-refractivity contribution is 0.102. The van der Waals surface area contributed by atoms with Gasteiger partial charge in [0.15, 0.2) is 0 Å². The Balaban J connectivity index is 1.63. The van der Waals surface area contributed by atoms with Gasteiger partial charge in [-0.2, -0.15) is 0 Å². The second-order valence-electron chi connectivity index (χ2n) is 6.49. The van der Waals surface area contributed by atoms with Gasteiger partial charge in [0.2, 0.25) is 0 Å². The summed E-state index contributed by atoms with van der Waals surface area (Å²) in [6, 6.07) is 18.5. The standard InChI is InChI=1S/C22H18ClN3O2/c1-13-6-8-18-19(10-13)26-21(25-18)14-4-3-5-16(11-14)24-22(27)17-12-15(23)7-9-20(17)28-2/h3-12H,1-2H3,(H,24,27)(H,25,26). The number of aromatic amines is 1. The minimum Gasteiger partial charge on any atom is -0.496 e. The van der Waals surface area contributed by atoms with Gasteiger partial charge in [-0.25, -0.2) is 4.98 Å². The van der Waals surface area contributed by atoms with E-state index in [0.717, 1.165) is 22.4 Å². The largest absolute Gasteiger partial charge is 0.496 e. The number of imidazole rings is 1. The molecule has 0 atom stereocenters. The maximum atomic E-state index is 12.7. The summed E-state index contributed by atoms with van der Waals surface area (Å²) in [5.74, 6) is 0.916. The molecule has 0 bridgehead atoms. The monoisotopic (exact) mass is 391 g/mol. The number of benzene rings is 3. The summed E-state index contributed by atoms with van der Waals surface area (Å²) in [6.07, 6.45) is 0. The first-order valence-corrected chi connectivity index (χ1v) is 9.13. The second kappa shape index (κ2) is 7.37. The molecule has 0 radical (unpaired) electrons. The fourth-order valence-corrected chi connectivity index (χ4v) is 3.23. The maximum absolute atomic E-state index is 12.7. The van der Waals surface area contributed by atoms with Crippen LogP contribution in [0, 0.1) is 6.92 Å². The van der Waals surface area contributed by atoms with Crippen molar-refractivity contribution in [1.29, 1.82) is 0 Å². The summed E-state index contributed by atoms with van der Waals surface area (Å²) in [5.41, 5.74) is 4.96. The maximum Gasteiger partial charge on any atom is 0.259 e. The number of anilines is 1. The van der Waals surface area contributed by atoms with Gasteiger partial charge < -0.3 is 15.0 Å². The zero-order valence-corrected chi connectivity index (χ0v) is 16.2. The summed E-state index contributed by atoms with van der Waals surface area (Å²) in [7, 11) is 1.52.